The molecule has 3 aromatic rings. The van der Waals surface area contributed by atoms with Gasteiger partial charge in [-0.15, -0.1) is 0 Å². The van der Waals surface area contributed by atoms with E-state index in [2.05, 4.69) is 6.92 Å². The first-order valence-electron chi connectivity index (χ1n) is 9.35. The largest absolute Gasteiger partial charge is 0.497 e. The SMILES string of the molecule is CCCCCc1ccc(C(F)=C(F)c2ccc3cc(OC)ccc3c2)cc1. The zero-order valence-corrected chi connectivity index (χ0v) is 15.8. The maximum absolute atomic E-state index is 14.7. The Bertz CT molecular complexity index is 942. The van der Waals surface area contributed by atoms with E-state index >= 15 is 0 Å². The van der Waals surface area contributed by atoms with Crippen LogP contribution in [0.15, 0.2) is 60.7 Å². The lowest BCUT2D eigenvalue weighted by molar-refractivity contribution is 0.415. The Labute approximate surface area is 159 Å². The van der Waals surface area contributed by atoms with Gasteiger partial charge in [0.25, 0.3) is 0 Å². The molecule has 0 N–H and O–H groups in total. The van der Waals surface area contributed by atoms with E-state index in [1.54, 1.807) is 43.5 Å². The second kappa shape index (κ2) is 8.81. The molecular weight excluding hydrogens is 342 g/mol. The third kappa shape index (κ3) is 4.54. The van der Waals surface area contributed by atoms with Gasteiger partial charge in [-0.05, 0) is 47.4 Å². The fourth-order valence-corrected chi connectivity index (χ4v) is 3.14. The Hall–Kier alpha value is -2.68. The van der Waals surface area contributed by atoms with Gasteiger partial charge < -0.3 is 4.74 Å². The Kier molecular flexibility index (Phi) is 6.23. The molecule has 0 atom stereocenters. The lowest BCUT2D eigenvalue weighted by Crippen LogP contribution is -1.89. The highest BCUT2D eigenvalue weighted by atomic mass is 19.2. The van der Waals surface area contributed by atoms with Crippen molar-refractivity contribution >= 4 is 22.4 Å². The molecule has 140 valence electrons. The van der Waals surface area contributed by atoms with Crippen LogP contribution in [-0.4, -0.2) is 7.11 Å². The molecular formula is C24H24F2O. The van der Waals surface area contributed by atoms with E-state index in [0.29, 0.717) is 0 Å². The zero-order valence-electron chi connectivity index (χ0n) is 15.8. The number of ether oxygens (including phenoxy) is 1. The quantitative estimate of drug-likeness (QED) is 0.314. The number of aryl methyl sites for hydroxylation is 1. The Balaban J connectivity index is 1.85. The molecule has 0 radical (unpaired) electrons. The minimum Gasteiger partial charge on any atom is -0.497 e. The maximum atomic E-state index is 14.7. The Morgan fingerprint density at radius 1 is 0.778 bits per heavy atom. The summed E-state index contributed by atoms with van der Waals surface area (Å²) >= 11 is 0. The second-order valence-corrected chi connectivity index (χ2v) is 6.71. The lowest BCUT2D eigenvalue weighted by Gasteiger charge is -2.07. The predicted octanol–water partition coefficient (Wildman–Crippen LogP) is 7.35. The minimum absolute atomic E-state index is 0.234. The van der Waals surface area contributed by atoms with E-state index in [-0.39, 0.29) is 11.1 Å². The Morgan fingerprint density at radius 3 is 2.11 bits per heavy atom. The van der Waals surface area contributed by atoms with Crippen LogP contribution in [0, 0.1) is 0 Å². The highest BCUT2D eigenvalue weighted by Gasteiger charge is 2.12. The van der Waals surface area contributed by atoms with Crippen molar-refractivity contribution in [2.75, 3.05) is 7.11 Å². The molecule has 0 heterocycles. The summed E-state index contributed by atoms with van der Waals surface area (Å²) in [5.74, 6) is -0.939. The molecule has 0 spiro atoms. The third-order valence-electron chi connectivity index (χ3n) is 4.77. The predicted molar refractivity (Wildman–Crippen MR) is 109 cm³/mol. The van der Waals surface area contributed by atoms with Gasteiger partial charge in [-0.1, -0.05) is 62.2 Å². The molecule has 0 saturated heterocycles. The molecule has 0 aromatic heterocycles. The number of benzene rings is 3. The van der Waals surface area contributed by atoms with Crippen LogP contribution >= 0.6 is 0 Å². The van der Waals surface area contributed by atoms with Crippen LogP contribution < -0.4 is 4.74 Å². The van der Waals surface area contributed by atoms with Gasteiger partial charge in [0.05, 0.1) is 7.11 Å². The molecule has 3 heteroatoms. The molecule has 0 fully saturated rings. The average molecular weight is 366 g/mol. The van der Waals surface area contributed by atoms with Gasteiger partial charge in [0.2, 0.25) is 0 Å². The molecule has 0 saturated carbocycles. The van der Waals surface area contributed by atoms with Crippen molar-refractivity contribution in [2.45, 2.75) is 32.6 Å². The number of rotatable bonds is 7. The van der Waals surface area contributed by atoms with Crippen molar-refractivity contribution in [3.8, 4) is 5.75 Å². The van der Waals surface area contributed by atoms with E-state index in [4.69, 9.17) is 4.74 Å². The van der Waals surface area contributed by atoms with Crippen molar-refractivity contribution in [1.29, 1.82) is 0 Å². The number of fused-ring (bicyclic) bond motifs is 1. The summed E-state index contributed by atoms with van der Waals surface area (Å²) in [6, 6.07) is 17.6. The molecule has 0 amide bonds. The van der Waals surface area contributed by atoms with Gasteiger partial charge >= 0.3 is 0 Å². The summed E-state index contributed by atoms with van der Waals surface area (Å²) in [5, 5.41) is 1.75. The normalized spacial score (nSPS) is 12.1. The first-order valence-corrected chi connectivity index (χ1v) is 9.35. The number of hydrogen-bond acceptors (Lipinski definition) is 1. The van der Waals surface area contributed by atoms with Gasteiger partial charge in [-0.2, -0.15) is 0 Å². The number of hydrogen-bond donors (Lipinski definition) is 0. The summed E-state index contributed by atoms with van der Waals surface area (Å²) in [5.41, 5.74) is 1.65. The molecule has 27 heavy (non-hydrogen) atoms. The summed E-state index contributed by atoms with van der Waals surface area (Å²) in [4.78, 5) is 0. The van der Waals surface area contributed by atoms with Crippen LogP contribution in [0.25, 0.3) is 22.4 Å². The van der Waals surface area contributed by atoms with Crippen LogP contribution in [0.2, 0.25) is 0 Å². The number of methoxy groups -OCH3 is 1. The Morgan fingerprint density at radius 2 is 1.41 bits per heavy atom. The molecule has 0 aliphatic carbocycles. The molecule has 0 aliphatic rings. The second-order valence-electron chi connectivity index (χ2n) is 6.71. The van der Waals surface area contributed by atoms with Crippen molar-refractivity contribution in [3.63, 3.8) is 0 Å². The van der Waals surface area contributed by atoms with Crippen LogP contribution in [0.1, 0.15) is 42.9 Å². The summed E-state index contributed by atoms with van der Waals surface area (Å²) in [6.45, 7) is 2.16. The van der Waals surface area contributed by atoms with Gasteiger partial charge in [-0.25, -0.2) is 8.78 Å². The standard InChI is InChI=1S/C24H24F2O/c1-3-4-5-6-17-7-9-18(10-8-17)23(25)24(26)21-12-11-20-16-22(27-2)14-13-19(20)15-21/h7-16H,3-6H2,1-2H3. The lowest BCUT2D eigenvalue weighted by atomic mass is 10.0. The molecule has 1 nitrogen and oxygen atoms in total. The highest BCUT2D eigenvalue weighted by molar-refractivity contribution is 5.90. The monoisotopic (exact) mass is 366 g/mol. The third-order valence-corrected chi connectivity index (χ3v) is 4.77. The van der Waals surface area contributed by atoms with Crippen LogP contribution in [-0.2, 0) is 6.42 Å². The van der Waals surface area contributed by atoms with Gasteiger partial charge in [0, 0.05) is 11.1 Å². The summed E-state index contributed by atoms with van der Waals surface area (Å²) in [6.07, 6.45) is 4.43. The minimum atomic E-state index is -0.841. The smallest absolute Gasteiger partial charge is 0.166 e. The van der Waals surface area contributed by atoms with Gasteiger partial charge in [0.1, 0.15) is 5.75 Å². The van der Waals surface area contributed by atoms with Crippen LogP contribution in [0.5, 0.6) is 5.75 Å². The van der Waals surface area contributed by atoms with E-state index in [9.17, 15) is 8.78 Å². The van der Waals surface area contributed by atoms with Gasteiger partial charge in [-0.3, -0.25) is 0 Å². The highest BCUT2D eigenvalue weighted by Crippen LogP contribution is 2.31. The molecule has 3 aromatic carbocycles. The first-order chi connectivity index (χ1) is 13.1. The number of unbranched alkanes of at least 4 members (excludes halogenated alkanes) is 2. The van der Waals surface area contributed by atoms with Crippen molar-refractivity contribution < 1.29 is 13.5 Å². The fraction of sp³-hybridized carbons (Fsp3) is 0.250. The van der Waals surface area contributed by atoms with Gasteiger partial charge in [0.15, 0.2) is 11.7 Å². The van der Waals surface area contributed by atoms with E-state index < -0.39 is 11.7 Å². The summed E-state index contributed by atoms with van der Waals surface area (Å²) in [7, 11) is 1.60. The zero-order chi connectivity index (χ0) is 19.2. The van der Waals surface area contributed by atoms with E-state index in [0.717, 1.165) is 34.9 Å². The van der Waals surface area contributed by atoms with Crippen molar-refractivity contribution in [1.82, 2.24) is 0 Å². The average Bonchev–Trinajstić information content (AvgIpc) is 2.72. The van der Waals surface area contributed by atoms with Crippen molar-refractivity contribution in [3.05, 3.63) is 77.4 Å². The van der Waals surface area contributed by atoms with Crippen LogP contribution in [0.4, 0.5) is 8.78 Å². The summed E-state index contributed by atoms with van der Waals surface area (Å²) < 4.78 is 34.6. The van der Waals surface area contributed by atoms with E-state index in [1.165, 1.54) is 12.8 Å². The maximum Gasteiger partial charge on any atom is 0.166 e. The molecule has 0 aliphatic heterocycles. The molecule has 0 unspecified atom stereocenters. The van der Waals surface area contributed by atoms with E-state index in [1.807, 2.05) is 24.3 Å². The van der Waals surface area contributed by atoms with Crippen LogP contribution in [0.3, 0.4) is 0 Å². The fourth-order valence-electron chi connectivity index (χ4n) is 3.14. The topological polar surface area (TPSA) is 9.23 Å². The molecule has 0 bridgehead atoms. The van der Waals surface area contributed by atoms with Crippen molar-refractivity contribution in [2.24, 2.45) is 0 Å². The first kappa shape index (κ1) is 19.1. The number of halogens is 2. The molecule has 3 rings (SSSR count).